The van der Waals surface area contributed by atoms with Gasteiger partial charge in [-0.3, -0.25) is 0 Å². The Kier molecular flexibility index (Phi) is 6.54. The fraction of sp³-hybridized carbons (Fsp3) is 0.250. The van der Waals surface area contributed by atoms with Gasteiger partial charge in [-0.2, -0.15) is 0 Å². The predicted octanol–water partition coefficient (Wildman–Crippen LogP) is 3.48. The maximum atomic E-state index is 11.5. The van der Waals surface area contributed by atoms with E-state index < -0.39 is 0 Å². The molecule has 3 aromatic rings. The van der Waals surface area contributed by atoms with E-state index in [0.29, 0.717) is 17.9 Å². The van der Waals surface area contributed by atoms with E-state index in [1.165, 1.54) is 7.11 Å². The van der Waals surface area contributed by atoms with Crippen LogP contribution >= 0.6 is 11.8 Å². The van der Waals surface area contributed by atoms with Crippen molar-refractivity contribution in [2.75, 3.05) is 14.2 Å². The highest BCUT2D eigenvalue weighted by molar-refractivity contribution is 7.98. The van der Waals surface area contributed by atoms with E-state index in [1.807, 2.05) is 48.0 Å². The van der Waals surface area contributed by atoms with Crippen LogP contribution in [0.5, 0.6) is 11.5 Å². The Morgan fingerprint density at radius 2 is 1.68 bits per heavy atom. The van der Waals surface area contributed by atoms with Crippen molar-refractivity contribution in [3.63, 3.8) is 0 Å². The van der Waals surface area contributed by atoms with Crippen LogP contribution in [0.3, 0.4) is 0 Å². The first kappa shape index (κ1) is 19.8. The molecule has 28 heavy (non-hydrogen) atoms. The van der Waals surface area contributed by atoms with Gasteiger partial charge in [0, 0.05) is 12.8 Å². The first-order valence-corrected chi connectivity index (χ1v) is 9.54. The van der Waals surface area contributed by atoms with Crippen LogP contribution in [0.25, 0.3) is 0 Å². The Morgan fingerprint density at radius 1 is 1.00 bits per heavy atom. The molecule has 0 saturated carbocycles. The molecule has 0 bridgehead atoms. The number of hydrogen-bond donors (Lipinski definition) is 0. The second-order valence-corrected chi connectivity index (χ2v) is 6.84. The molecule has 0 aliphatic carbocycles. The van der Waals surface area contributed by atoms with Crippen molar-refractivity contribution in [2.45, 2.75) is 17.5 Å². The molecule has 0 aliphatic heterocycles. The molecule has 0 aliphatic rings. The molecule has 0 saturated heterocycles. The molecule has 0 radical (unpaired) electrons. The average molecular weight is 399 g/mol. The minimum atomic E-state index is -0.339. The van der Waals surface area contributed by atoms with E-state index in [9.17, 15) is 4.79 Å². The van der Waals surface area contributed by atoms with Gasteiger partial charge in [0.25, 0.3) is 0 Å². The van der Waals surface area contributed by atoms with Gasteiger partial charge in [0.2, 0.25) is 0 Å². The van der Waals surface area contributed by atoms with E-state index in [1.54, 1.807) is 31.0 Å². The summed E-state index contributed by atoms with van der Waals surface area (Å²) in [5, 5.41) is 9.23. The Balaban J connectivity index is 1.56. The monoisotopic (exact) mass is 399 g/mol. The van der Waals surface area contributed by atoms with Gasteiger partial charge in [-0.25, -0.2) is 4.79 Å². The van der Waals surface area contributed by atoms with Gasteiger partial charge in [0.15, 0.2) is 11.0 Å². The quantitative estimate of drug-likeness (QED) is 0.424. The number of nitrogens with zero attached hydrogens (tertiary/aromatic N) is 3. The number of thioether (sulfide) groups is 1. The van der Waals surface area contributed by atoms with Crippen molar-refractivity contribution < 1.29 is 19.0 Å². The lowest BCUT2D eigenvalue weighted by atomic mass is 10.1. The normalized spacial score (nSPS) is 10.5. The zero-order chi connectivity index (χ0) is 19.9. The van der Waals surface area contributed by atoms with Gasteiger partial charge in [-0.05, 0) is 42.0 Å². The average Bonchev–Trinajstić information content (AvgIpc) is 3.10. The number of ether oxygens (including phenoxy) is 3. The molecule has 0 unspecified atom stereocenters. The topological polar surface area (TPSA) is 75.5 Å². The maximum Gasteiger partial charge on any atom is 0.337 e. The summed E-state index contributed by atoms with van der Waals surface area (Å²) >= 11 is 1.57. The molecule has 146 valence electrons. The summed E-state index contributed by atoms with van der Waals surface area (Å²) in [6, 6.07) is 14.7. The molecular formula is C20H21N3O4S. The van der Waals surface area contributed by atoms with Crippen molar-refractivity contribution in [2.24, 2.45) is 7.05 Å². The smallest absolute Gasteiger partial charge is 0.337 e. The number of esters is 1. The van der Waals surface area contributed by atoms with Crippen molar-refractivity contribution in [3.05, 3.63) is 65.5 Å². The molecule has 0 N–H and O–H groups in total. The van der Waals surface area contributed by atoms with Crippen molar-refractivity contribution in [3.8, 4) is 11.5 Å². The van der Waals surface area contributed by atoms with Crippen molar-refractivity contribution in [1.82, 2.24) is 14.8 Å². The second kappa shape index (κ2) is 9.27. The minimum Gasteiger partial charge on any atom is -0.497 e. The Hall–Kier alpha value is -3.00. The number of benzene rings is 2. The number of carbonyl (C=O) groups excluding carboxylic acids is 1. The zero-order valence-electron chi connectivity index (χ0n) is 15.9. The lowest BCUT2D eigenvalue weighted by molar-refractivity contribution is 0.0600. The Morgan fingerprint density at radius 3 is 2.32 bits per heavy atom. The van der Waals surface area contributed by atoms with E-state index in [-0.39, 0.29) is 5.97 Å². The second-order valence-electron chi connectivity index (χ2n) is 5.90. The molecule has 7 nitrogen and oxygen atoms in total. The number of hydrogen-bond acceptors (Lipinski definition) is 7. The van der Waals surface area contributed by atoms with Crippen LogP contribution < -0.4 is 9.47 Å². The maximum absolute atomic E-state index is 11.5. The molecule has 0 amide bonds. The molecule has 8 heteroatoms. The van der Waals surface area contributed by atoms with Crippen LogP contribution in [0.1, 0.15) is 21.7 Å². The van der Waals surface area contributed by atoms with Gasteiger partial charge in [0.1, 0.15) is 18.1 Å². The highest BCUT2D eigenvalue weighted by Gasteiger charge is 2.11. The number of aromatic nitrogens is 3. The molecule has 0 spiro atoms. The standard InChI is InChI=1S/C20H21N3O4S/c1-23-18(12-27-17-10-8-16(25-2)9-11-17)21-22-20(23)28-13-14-4-6-15(7-5-14)19(24)26-3/h4-11H,12-13H2,1-3H3. The van der Waals surface area contributed by atoms with Crippen molar-refractivity contribution in [1.29, 1.82) is 0 Å². The Labute approximate surface area is 167 Å². The van der Waals surface area contributed by atoms with Crippen LogP contribution in [-0.4, -0.2) is 35.0 Å². The summed E-state index contributed by atoms with van der Waals surface area (Å²) in [6.45, 7) is 0.324. The lowest BCUT2D eigenvalue weighted by Gasteiger charge is -2.07. The number of methoxy groups -OCH3 is 2. The summed E-state index contributed by atoms with van der Waals surface area (Å²) in [5.74, 6) is 2.63. The SMILES string of the molecule is COC(=O)c1ccc(CSc2nnc(COc3ccc(OC)cc3)n2C)cc1. The molecule has 0 fully saturated rings. The minimum absolute atomic E-state index is 0.324. The van der Waals surface area contributed by atoms with E-state index in [0.717, 1.165) is 28.0 Å². The third-order valence-corrected chi connectivity index (χ3v) is 5.19. The fourth-order valence-electron chi connectivity index (χ4n) is 2.42. The van der Waals surface area contributed by atoms with Gasteiger partial charge in [-0.15, -0.1) is 10.2 Å². The van der Waals surface area contributed by atoms with Gasteiger partial charge < -0.3 is 18.8 Å². The summed E-state index contributed by atoms with van der Waals surface area (Å²) in [5.41, 5.74) is 1.62. The highest BCUT2D eigenvalue weighted by Crippen LogP contribution is 2.22. The van der Waals surface area contributed by atoms with Crippen LogP contribution in [0, 0.1) is 0 Å². The van der Waals surface area contributed by atoms with Crippen LogP contribution in [0.4, 0.5) is 0 Å². The van der Waals surface area contributed by atoms with E-state index in [4.69, 9.17) is 14.2 Å². The van der Waals surface area contributed by atoms with E-state index in [2.05, 4.69) is 10.2 Å². The Bertz CT molecular complexity index is 924. The van der Waals surface area contributed by atoms with Gasteiger partial charge in [-0.1, -0.05) is 23.9 Å². The fourth-order valence-corrected chi connectivity index (χ4v) is 3.30. The highest BCUT2D eigenvalue weighted by atomic mass is 32.2. The lowest BCUT2D eigenvalue weighted by Crippen LogP contribution is -2.04. The summed E-state index contributed by atoms with van der Waals surface area (Å²) in [7, 11) is 4.91. The molecule has 0 atom stereocenters. The van der Waals surface area contributed by atoms with Gasteiger partial charge in [0.05, 0.1) is 19.8 Å². The molecular weight excluding hydrogens is 378 g/mol. The van der Waals surface area contributed by atoms with Crippen LogP contribution in [0.2, 0.25) is 0 Å². The van der Waals surface area contributed by atoms with E-state index >= 15 is 0 Å². The van der Waals surface area contributed by atoms with Crippen molar-refractivity contribution >= 4 is 17.7 Å². The molecule has 3 rings (SSSR count). The predicted molar refractivity (Wildman–Crippen MR) is 106 cm³/mol. The molecule has 1 heterocycles. The molecule has 2 aromatic carbocycles. The molecule has 1 aromatic heterocycles. The summed E-state index contributed by atoms with van der Waals surface area (Å²) < 4.78 is 17.5. The van der Waals surface area contributed by atoms with Crippen LogP contribution in [0.15, 0.2) is 53.7 Å². The third-order valence-electron chi connectivity index (χ3n) is 4.10. The largest absolute Gasteiger partial charge is 0.497 e. The number of carbonyl (C=O) groups is 1. The third kappa shape index (κ3) is 4.83. The zero-order valence-corrected chi connectivity index (χ0v) is 16.7. The van der Waals surface area contributed by atoms with Gasteiger partial charge >= 0.3 is 5.97 Å². The summed E-state index contributed by atoms with van der Waals surface area (Å²) in [4.78, 5) is 11.5. The van der Waals surface area contributed by atoms with Crippen LogP contribution in [-0.2, 0) is 24.1 Å². The first-order chi connectivity index (χ1) is 13.6. The number of rotatable bonds is 8. The summed E-state index contributed by atoms with van der Waals surface area (Å²) in [6.07, 6.45) is 0. The first-order valence-electron chi connectivity index (χ1n) is 8.56.